The van der Waals surface area contributed by atoms with Gasteiger partial charge >= 0.3 is 0 Å². The van der Waals surface area contributed by atoms with Crippen molar-refractivity contribution in [1.29, 1.82) is 0 Å². The van der Waals surface area contributed by atoms with Gasteiger partial charge in [0, 0.05) is 50.9 Å². The fourth-order valence-corrected chi connectivity index (χ4v) is 7.02. The molecule has 10 nitrogen and oxygen atoms in total. The Balaban J connectivity index is 1.40. The van der Waals surface area contributed by atoms with Crippen LogP contribution in [0.3, 0.4) is 0 Å². The number of rotatable bonds is 9. The summed E-state index contributed by atoms with van der Waals surface area (Å²) >= 11 is 0. The Morgan fingerprint density at radius 1 is 1.06 bits per heavy atom. The van der Waals surface area contributed by atoms with Crippen LogP contribution in [0.15, 0.2) is 24.3 Å². The third-order valence-corrected chi connectivity index (χ3v) is 9.99. The van der Waals surface area contributed by atoms with Gasteiger partial charge in [-0.1, -0.05) is 13.3 Å². The van der Waals surface area contributed by atoms with Crippen LogP contribution in [0.25, 0.3) is 0 Å². The standard InChI is InChI=1S/C24H36N4O6S/c1-2-3-18-34-21-8-6-20(7-9-21)26-14-16-28(17-15-26)35(32,33)24(23(30)25-31)10-12-27(13-11-24)22(29)19-4-5-19/h6-9,19,31H,2-5,10-18H2,1H3,(H,25,30). The van der Waals surface area contributed by atoms with E-state index in [0.717, 1.165) is 37.1 Å². The Labute approximate surface area is 207 Å². The molecule has 2 amide bonds. The molecule has 1 aromatic rings. The van der Waals surface area contributed by atoms with Gasteiger partial charge in [0.25, 0.3) is 5.91 Å². The van der Waals surface area contributed by atoms with Crippen LogP contribution in [-0.2, 0) is 19.6 Å². The average Bonchev–Trinajstić information content (AvgIpc) is 3.74. The third-order valence-electron chi connectivity index (χ3n) is 7.37. The lowest BCUT2D eigenvalue weighted by Crippen LogP contribution is -2.64. The Bertz CT molecular complexity index is 995. The molecule has 3 aliphatic rings. The van der Waals surface area contributed by atoms with Crippen LogP contribution < -0.4 is 15.1 Å². The highest BCUT2D eigenvalue weighted by Crippen LogP contribution is 2.37. The molecular formula is C24H36N4O6S. The normalized spacial score (nSPS) is 21.0. The first kappa shape index (κ1) is 25.7. The molecule has 0 radical (unpaired) electrons. The topological polar surface area (TPSA) is 119 Å². The summed E-state index contributed by atoms with van der Waals surface area (Å²) in [6.45, 7) is 4.62. The molecular weight excluding hydrogens is 472 g/mol. The number of hydrogen-bond donors (Lipinski definition) is 2. The lowest BCUT2D eigenvalue weighted by Gasteiger charge is -2.44. The number of piperazine rings is 1. The van der Waals surface area contributed by atoms with Gasteiger partial charge in [0.1, 0.15) is 5.75 Å². The van der Waals surface area contributed by atoms with E-state index in [1.54, 1.807) is 10.4 Å². The second-order valence-corrected chi connectivity index (χ2v) is 11.9. The van der Waals surface area contributed by atoms with Gasteiger partial charge < -0.3 is 14.5 Å². The number of carbonyl (C=O) groups is 2. The van der Waals surface area contributed by atoms with Gasteiger partial charge in [-0.2, -0.15) is 4.31 Å². The maximum Gasteiger partial charge on any atom is 0.266 e. The molecule has 2 aliphatic heterocycles. The summed E-state index contributed by atoms with van der Waals surface area (Å²) in [4.78, 5) is 28.9. The summed E-state index contributed by atoms with van der Waals surface area (Å²) in [7, 11) is -4.06. The number of hydrogen-bond acceptors (Lipinski definition) is 7. The Kier molecular flexibility index (Phi) is 7.87. The van der Waals surface area contributed by atoms with Crippen molar-refractivity contribution in [2.75, 3.05) is 50.8 Å². The number of sulfonamides is 1. The van der Waals surface area contributed by atoms with Crippen LogP contribution in [-0.4, -0.2) is 85.3 Å². The zero-order chi connectivity index (χ0) is 25.1. The molecule has 3 fully saturated rings. The summed E-state index contributed by atoms with van der Waals surface area (Å²) < 4.78 is 32.7. The minimum Gasteiger partial charge on any atom is -0.494 e. The van der Waals surface area contributed by atoms with Gasteiger partial charge in [-0.25, -0.2) is 13.9 Å². The van der Waals surface area contributed by atoms with Crippen molar-refractivity contribution in [2.45, 2.75) is 50.2 Å². The van der Waals surface area contributed by atoms with E-state index in [1.807, 2.05) is 24.3 Å². The zero-order valence-electron chi connectivity index (χ0n) is 20.3. The van der Waals surface area contributed by atoms with E-state index >= 15 is 0 Å². The predicted octanol–water partition coefficient (Wildman–Crippen LogP) is 1.59. The van der Waals surface area contributed by atoms with Crippen LogP contribution in [0.4, 0.5) is 5.69 Å². The molecule has 2 saturated heterocycles. The van der Waals surface area contributed by atoms with E-state index in [2.05, 4.69) is 11.8 Å². The zero-order valence-corrected chi connectivity index (χ0v) is 21.1. The summed E-state index contributed by atoms with van der Waals surface area (Å²) in [6, 6.07) is 7.79. The van der Waals surface area contributed by atoms with Crippen molar-refractivity contribution < 1.29 is 28.0 Å². The van der Waals surface area contributed by atoms with Crippen molar-refractivity contribution in [3.63, 3.8) is 0 Å². The largest absolute Gasteiger partial charge is 0.494 e. The second kappa shape index (κ2) is 10.7. The predicted molar refractivity (Wildman–Crippen MR) is 131 cm³/mol. The first-order valence-corrected chi connectivity index (χ1v) is 14.0. The first-order chi connectivity index (χ1) is 16.8. The number of likely N-dealkylation sites (tertiary alicyclic amines) is 1. The number of hydroxylamine groups is 1. The van der Waals surface area contributed by atoms with Gasteiger partial charge in [0.15, 0.2) is 4.75 Å². The number of piperidine rings is 1. The summed E-state index contributed by atoms with van der Waals surface area (Å²) in [5.74, 6) is -0.0318. The minimum atomic E-state index is -4.06. The summed E-state index contributed by atoms with van der Waals surface area (Å²) in [5.41, 5.74) is 2.57. The van der Waals surface area contributed by atoms with Crippen LogP contribution in [0, 0.1) is 5.92 Å². The van der Waals surface area contributed by atoms with Crippen LogP contribution in [0.5, 0.6) is 5.75 Å². The Hall–Kier alpha value is -2.37. The van der Waals surface area contributed by atoms with E-state index in [-0.39, 0.29) is 50.8 Å². The number of nitrogens with one attached hydrogen (secondary N) is 1. The van der Waals surface area contributed by atoms with Gasteiger partial charge in [-0.15, -0.1) is 0 Å². The maximum atomic E-state index is 13.7. The number of unbranched alkanes of at least 4 members (excludes halogenated alkanes) is 1. The van der Waals surface area contributed by atoms with Crippen molar-refractivity contribution in [1.82, 2.24) is 14.7 Å². The lowest BCUT2D eigenvalue weighted by molar-refractivity contribution is -0.138. The van der Waals surface area contributed by atoms with Crippen molar-refractivity contribution in [3.8, 4) is 5.75 Å². The summed E-state index contributed by atoms with van der Waals surface area (Å²) in [5, 5.41) is 9.39. The number of anilines is 1. The molecule has 35 heavy (non-hydrogen) atoms. The fourth-order valence-electron chi connectivity index (χ4n) is 4.90. The number of benzene rings is 1. The molecule has 0 unspecified atom stereocenters. The highest BCUT2D eigenvalue weighted by molar-refractivity contribution is 7.91. The van der Waals surface area contributed by atoms with Crippen LogP contribution in [0.1, 0.15) is 45.4 Å². The lowest BCUT2D eigenvalue weighted by atomic mass is 9.94. The van der Waals surface area contributed by atoms with Crippen molar-refractivity contribution in [3.05, 3.63) is 24.3 Å². The highest BCUT2D eigenvalue weighted by Gasteiger charge is 2.56. The molecule has 2 heterocycles. The SMILES string of the molecule is CCCCOc1ccc(N2CCN(S(=O)(=O)C3(C(=O)NO)CCN(C(=O)C4CC4)CC3)CC2)cc1. The van der Waals surface area contributed by atoms with Crippen LogP contribution >= 0.6 is 0 Å². The molecule has 1 aromatic carbocycles. The second-order valence-electron chi connectivity index (χ2n) is 9.62. The fraction of sp³-hybridized carbons (Fsp3) is 0.667. The summed E-state index contributed by atoms with van der Waals surface area (Å²) in [6.07, 6.45) is 3.76. The number of amides is 2. The molecule has 0 aromatic heterocycles. The van der Waals surface area contributed by atoms with Gasteiger partial charge in [-0.05, 0) is 56.4 Å². The minimum absolute atomic E-state index is 0.0279. The molecule has 194 valence electrons. The number of carbonyl (C=O) groups excluding carboxylic acids is 2. The maximum absolute atomic E-state index is 13.7. The van der Waals surface area contributed by atoms with Gasteiger partial charge in [0.05, 0.1) is 6.61 Å². The van der Waals surface area contributed by atoms with Crippen LogP contribution in [0.2, 0.25) is 0 Å². The van der Waals surface area contributed by atoms with Gasteiger partial charge in [0.2, 0.25) is 15.9 Å². The first-order valence-electron chi connectivity index (χ1n) is 12.5. The molecule has 1 saturated carbocycles. The van der Waals surface area contributed by atoms with Crippen molar-refractivity contribution >= 4 is 27.5 Å². The molecule has 0 atom stereocenters. The molecule has 0 spiro atoms. The highest BCUT2D eigenvalue weighted by atomic mass is 32.2. The molecule has 11 heteroatoms. The average molecular weight is 509 g/mol. The molecule has 4 rings (SSSR count). The van der Waals surface area contributed by atoms with Gasteiger partial charge in [-0.3, -0.25) is 14.8 Å². The molecule has 0 bridgehead atoms. The van der Waals surface area contributed by atoms with E-state index < -0.39 is 20.7 Å². The third kappa shape index (κ3) is 5.26. The quantitative estimate of drug-likeness (QED) is 0.295. The Morgan fingerprint density at radius 2 is 1.69 bits per heavy atom. The number of nitrogens with zero attached hydrogens (tertiary/aromatic N) is 3. The van der Waals surface area contributed by atoms with E-state index in [1.165, 1.54) is 4.31 Å². The molecule has 1 aliphatic carbocycles. The van der Waals surface area contributed by atoms with E-state index in [4.69, 9.17) is 4.74 Å². The van der Waals surface area contributed by atoms with E-state index in [0.29, 0.717) is 19.7 Å². The van der Waals surface area contributed by atoms with Crippen molar-refractivity contribution in [2.24, 2.45) is 5.92 Å². The monoisotopic (exact) mass is 508 g/mol. The Morgan fingerprint density at radius 3 is 2.23 bits per heavy atom. The molecule has 2 N–H and O–H groups in total. The smallest absolute Gasteiger partial charge is 0.266 e. The van der Waals surface area contributed by atoms with E-state index in [9.17, 15) is 23.2 Å². The number of ether oxygens (including phenoxy) is 1.